The third kappa shape index (κ3) is 6.13. The third-order valence-corrected chi connectivity index (χ3v) is 10.5. The lowest BCUT2D eigenvalue weighted by Crippen LogP contribution is -2.53. The van der Waals surface area contributed by atoms with E-state index in [-0.39, 0.29) is 12.1 Å². The predicted octanol–water partition coefficient (Wildman–Crippen LogP) is 9.69. The molecule has 1 nitrogen and oxygen atoms in total. The number of nitrogens with zero attached hydrogens (tertiary/aromatic N) is 1. The summed E-state index contributed by atoms with van der Waals surface area (Å²) in [5.74, 6) is 0. The summed E-state index contributed by atoms with van der Waals surface area (Å²) in [6.45, 7) is 13.8. The zero-order chi connectivity index (χ0) is 30.1. The monoisotopic (exact) mass is 595 g/mol. The maximum atomic E-state index is 2.35. The van der Waals surface area contributed by atoms with Crippen LogP contribution in [-0.2, 0) is 5.41 Å². The highest BCUT2D eigenvalue weighted by atomic mass is 32.1. The van der Waals surface area contributed by atoms with Gasteiger partial charge in [-0.15, -0.1) is 22.7 Å². The van der Waals surface area contributed by atoms with E-state index in [2.05, 4.69) is 168 Å². The van der Waals surface area contributed by atoms with E-state index >= 15 is 0 Å². The first-order valence-electron chi connectivity index (χ1n) is 15.0. The molecular formula is C39H38BNS2. The lowest BCUT2D eigenvalue weighted by atomic mass is 9.38. The lowest BCUT2D eigenvalue weighted by Gasteiger charge is -2.23. The summed E-state index contributed by atoms with van der Waals surface area (Å²) < 4.78 is 1.38. The van der Waals surface area contributed by atoms with Gasteiger partial charge in [-0.25, -0.2) is 0 Å². The quantitative estimate of drug-likeness (QED) is 0.166. The van der Waals surface area contributed by atoms with Crippen LogP contribution in [-0.4, -0.2) is 6.71 Å². The van der Waals surface area contributed by atoms with Gasteiger partial charge in [0.25, 0.3) is 6.71 Å². The molecule has 0 aliphatic rings. The number of anilines is 3. The predicted molar refractivity (Wildman–Crippen MR) is 193 cm³/mol. The molecule has 214 valence electrons. The molecule has 6 rings (SSSR count). The second-order valence-corrected chi connectivity index (χ2v) is 14.6. The average Bonchev–Trinajstić information content (AvgIpc) is 3.66. The molecule has 0 aliphatic heterocycles. The van der Waals surface area contributed by atoms with Crippen molar-refractivity contribution in [1.29, 1.82) is 0 Å². The number of aryl methyl sites for hydroxylation is 3. The second kappa shape index (κ2) is 12.0. The molecule has 0 unspecified atom stereocenters. The van der Waals surface area contributed by atoms with Gasteiger partial charge in [0.1, 0.15) is 5.00 Å². The van der Waals surface area contributed by atoms with Crippen molar-refractivity contribution in [3.8, 4) is 9.75 Å². The molecule has 0 radical (unpaired) electrons. The van der Waals surface area contributed by atoms with E-state index in [9.17, 15) is 0 Å². The summed E-state index contributed by atoms with van der Waals surface area (Å²) in [4.78, 5) is 4.95. The minimum atomic E-state index is 0.129. The normalized spacial score (nSPS) is 11.5. The fourth-order valence-corrected chi connectivity index (χ4v) is 8.36. The summed E-state index contributed by atoms with van der Waals surface area (Å²) in [6, 6.07) is 44.5. The van der Waals surface area contributed by atoms with Crippen LogP contribution >= 0.6 is 22.7 Å². The highest BCUT2D eigenvalue weighted by Gasteiger charge is 2.28. The molecule has 0 aliphatic carbocycles. The van der Waals surface area contributed by atoms with Crippen molar-refractivity contribution in [2.24, 2.45) is 0 Å². The standard InChI is InChI=1S/C39H38BNS2/c1-27-25-28(2)38(29(3)26-27)40(31-19-17-30(18-20-31)39(4,5)6)36-23-21-34(42-36)35-22-24-37(43-35)41(32-13-9-7-10-14-32)33-15-11-8-12-16-33/h7-26H,1-6H3. The molecule has 2 aromatic heterocycles. The number of thiophene rings is 2. The van der Waals surface area contributed by atoms with E-state index in [1.165, 1.54) is 52.7 Å². The molecule has 0 spiro atoms. The Morgan fingerprint density at radius 1 is 0.581 bits per heavy atom. The first-order valence-corrected chi connectivity index (χ1v) is 16.6. The van der Waals surface area contributed by atoms with Gasteiger partial charge in [0.15, 0.2) is 0 Å². The molecular weight excluding hydrogens is 557 g/mol. The number of hydrogen-bond donors (Lipinski definition) is 0. The molecule has 0 amide bonds. The van der Waals surface area contributed by atoms with E-state index in [0.29, 0.717) is 0 Å². The number of hydrogen-bond acceptors (Lipinski definition) is 3. The molecule has 6 aromatic rings. The number of benzene rings is 4. The summed E-state index contributed by atoms with van der Waals surface area (Å²) in [7, 11) is 0. The van der Waals surface area contributed by atoms with Crippen LogP contribution in [0.2, 0.25) is 0 Å². The molecule has 0 saturated heterocycles. The Morgan fingerprint density at radius 3 is 1.67 bits per heavy atom. The Hall–Kier alpha value is -3.86. The maximum Gasteiger partial charge on any atom is 0.254 e. The maximum absolute atomic E-state index is 2.35. The van der Waals surface area contributed by atoms with Crippen LogP contribution in [0.3, 0.4) is 0 Å². The van der Waals surface area contributed by atoms with Crippen LogP contribution < -0.4 is 20.6 Å². The third-order valence-electron chi connectivity index (χ3n) is 8.13. The average molecular weight is 596 g/mol. The van der Waals surface area contributed by atoms with E-state index in [1.54, 1.807) is 0 Å². The van der Waals surface area contributed by atoms with E-state index < -0.39 is 0 Å². The van der Waals surface area contributed by atoms with Gasteiger partial charge in [-0.05, 0) is 79.0 Å². The smallest absolute Gasteiger partial charge is 0.254 e. The first kappa shape index (κ1) is 29.2. The lowest BCUT2D eigenvalue weighted by molar-refractivity contribution is 0.590. The molecule has 43 heavy (non-hydrogen) atoms. The molecule has 4 heteroatoms. The van der Waals surface area contributed by atoms with Crippen LogP contribution in [0.15, 0.2) is 121 Å². The number of para-hydroxylation sites is 2. The molecule has 0 atom stereocenters. The van der Waals surface area contributed by atoms with Gasteiger partial charge in [0.05, 0.1) is 0 Å². The Bertz CT molecular complexity index is 1760. The summed E-state index contributed by atoms with van der Waals surface area (Å²) >= 11 is 3.77. The molecule has 2 heterocycles. The highest BCUT2D eigenvalue weighted by molar-refractivity contribution is 7.32. The van der Waals surface area contributed by atoms with Crippen LogP contribution in [0.5, 0.6) is 0 Å². The summed E-state index contributed by atoms with van der Waals surface area (Å²) in [5.41, 5.74) is 10.6. The van der Waals surface area contributed by atoms with Crippen LogP contribution in [0, 0.1) is 20.8 Å². The minimum absolute atomic E-state index is 0.129. The topological polar surface area (TPSA) is 3.24 Å². The Kier molecular flexibility index (Phi) is 8.18. The van der Waals surface area contributed by atoms with Crippen molar-refractivity contribution in [3.63, 3.8) is 0 Å². The molecule has 4 aromatic carbocycles. The van der Waals surface area contributed by atoms with Crippen molar-refractivity contribution < 1.29 is 0 Å². The van der Waals surface area contributed by atoms with Crippen molar-refractivity contribution in [3.05, 3.63) is 144 Å². The van der Waals surface area contributed by atoms with Crippen molar-refractivity contribution in [2.75, 3.05) is 4.90 Å². The van der Waals surface area contributed by atoms with Crippen molar-refractivity contribution >= 4 is 61.5 Å². The fraction of sp³-hybridized carbons (Fsp3) is 0.179. The minimum Gasteiger partial charge on any atom is -0.302 e. The van der Waals surface area contributed by atoms with Gasteiger partial charge < -0.3 is 4.90 Å². The number of rotatable bonds is 7. The Labute approximate surface area is 265 Å². The zero-order valence-electron chi connectivity index (χ0n) is 25.9. The SMILES string of the molecule is Cc1cc(C)c(B(c2ccc(C(C)(C)C)cc2)c2ccc(-c3ccc(N(c4ccccc4)c4ccccc4)s3)s2)c(C)c1. The van der Waals surface area contributed by atoms with Crippen LogP contribution in [0.25, 0.3) is 9.75 Å². The van der Waals surface area contributed by atoms with Crippen LogP contribution in [0.1, 0.15) is 43.0 Å². The van der Waals surface area contributed by atoms with Gasteiger partial charge >= 0.3 is 0 Å². The Balaban J connectivity index is 1.41. The molecule has 0 bridgehead atoms. The van der Waals surface area contributed by atoms with Gasteiger partial charge in [0, 0.05) is 21.1 Å². The van der Waals surface area contributed by atoms with Gasteiger partial charge in [-0.1, -0.05) is 127 Å². The van der Waals surface area contributed by atoms with E-state index in [0.717, 1.165) is 11.4 Å². The Morgan fingerprint density at radius 2 is 1.12 bits per heavy atom. The van der Waals surface area contributed by atoms with Gasteiger partial charge in [-0.2, -0.15) is 0 Å². The van der Waals surface area contributed by atoms with Gasteiger partial charge in [0.2, 0.25) is 0 Å². The van der Waals surface area contributed by atoms with Crippen molar-refractivity contribution in [2.45, 2.75) is 47.0 Å². The first-order chi connectivity index (χ1) is 20.7. The van der Waals surface area contributed by atoms with E-state index in [1.807, 2.05) is 22.7 Å². The molecule has 0 N–H and O–H groups in total. The fourth-order valence-electron chi connectivity index (χ4n) is 6.07. The summed E-state index contributed by atoms with van der Waals surface area (Å²) in [6.07, 6.45) is 0. The summed E-state index contributed by atoms with van der Waals surface area (Å²) in [5, 5.41) is 1.21. The van der Waals surface area contributed by atoms with Crippen LogP contribution in [0.4, 0.5) is 16.4 Å². The zero-order valence-corrected chi connectivity index (χ0v) is 27.5. The van der Waals surface area contributed by atoms with Gasteiger partial charge in [-0.3, -0.25) is 0 Å². The largest absolute Gasteiger partial charge is 0.302 e. The second-order valence-electron chi connectivity index (χ2n) is 12.5. The van der Waals surface area contributed by atoms with Crippen molar-refractivity contribution in [1.82, 2.24) is 0 Å². The highest BCUT2D eigenvalue weighted by Crippen LogP contribution is 2.42. The molecule has 0 fully saturated rings. The molecule has 0 saturated carbocycles. The van der Waals surface area contributed by atoms with E-state index in [4.69, 9.17) is 0 Å².